The summed E-state index contributed by atoms with van der Waals surface area (Å²) in [6, 6.07) is 10.1. The topological polar surface area (TPSA) is 26.3 Å². The van der Waals surface area contributed by atoms with Gasteiger partial charge in [0.1, 0.15) is 5.75 Å². The van der Waals surface area contributed by atoms with Crippen LogP contribution in [-0.4, -0.2) is 18.6 Å². The first-order valence-corrected chi connectivity index (χ1v) is 17.5. The fraction of sp³-hybridized carbons (Fsp3) is 0.585. The molecule has 0 fully saturated rings. The monoisotopic (exact) mass is 644 g/mol. The number of allylic oxidation sites excluding steroid dienone is 9. The molecule has 0 N–H and O–H groups in total. The van der Waals surface area contributed by atoms with E-state index in [4.69, 9.17) is 4.74 Å². The molecule has 0 saturated carbocycles. The van der Waals surface area contributed by atoms with Gasteiger partial charge in [0, 0.05) is 0 Å². The van der Waals surface area contributed by atoms with Crippen molar-refractivity contribution in [2.24, 2.45) is 5.92 Å². The zero-order chi connectivity index (χ0) is 35.0. The lowest BCUT2D eigenvalue weighted by Gasteiger charge is -2.22. The van der Waals surface area contributed by atoms with Crippen molar-refractivity contribution in [3.05, 3.63) is 88.6 Å². The molecule has 0 aliphatic rings. The minimum atomic E-state index is -4.64. The SMILES string of the molecule is C=C(/C(C)=C(\C)CC)C(/C(=C\C(C)=O)C(F)(F)F)=C(\C=C/C)CCCC.CCC(C)CCCCCCCCCOc1ccccc1. The molecule has 0 radical (unpaired) electrons. The Labute approximate surface area is 280 Å². The third kappa shape index (κ3) is 19.0. The molecule has 1 rings (SSSR count). The number of carbonyl (C=O) groups is 1. The van der Waals surface area contributed by atoms with Crippen LogP contribution in [0.15, 0.2) is 88.6 Å². The molecule has 46 heavy (non-hydrogen) atoms. The molecule has 1 atom stereocenters. The van der Waals surface area contributed by atoms with Crippen LogP contribution in [0, 0.1) is 5.92 Å². The second-order valence-electron chi connectivity index (χ2n) is 12.3. The Morgan fingerprint density at radius 3 is 2.00 bits per heavy atom. The van der Waals surface area contributed by atoms with Gasteiger partial charge in [-0.25, -0.2) is 0 Å². The highest BCUT2D eigenvalue weighted by Crippen LogP contribution is 2.40. The van der Waals surface area contributed by atoms with E-state index in [1.54, 1.807) is 26.0 Å². The van der Waals surface area contributed by atoms with Crippen LogP contribution in [0.3, 0.4) is 0 Å². The van der Waals surface area contributed by atoms with Crippen molar-refractivity contribution in [1.29, 1.82) is 0 Å². The Morgan fingerprint density at radius 1 is 0.913 bits per heavy atom. The van der Waals surface area contributed by atoms with E-state index >= 15 is 0 Å². The van der Waals surface area contributed by atoms with E-state index in [0.717, 1.165) is 55.6 Å². The average molecular weight is 645 g/mol. The second-order valence-corrected chi connectivity index (χ2v) is 12.3. The van der Waals surface area contributed by atoms with E-state index in [-0.39, 0.29) is 5.57 Å². The molecule has 0 aliphatic carbocycles. The zero-order valence-corrected chi connectivity index (χ0v) is 30.3. The van der Waals surface area contributed by atoms with Crippen molar-refractivity contribution in [2.45, 2.75) is 145 Å². The van der Waals surface area contributed by atoms with Gasteiger partial charge in [-0.2, -0.15) is 13.2 Å². The quantitative estimate of drug-likeness (QED) is 0.0756. The number of hydrogen-bond donors (Lipinski definition) is 0. The smallest absolute Gasteiger partial charge is 0.417 e. The Morgan fingerprint density at radius 2 is 1.50 bits per heavy atom. The van der Waals surface area contributed by atoms with E-state index in [0.29, 0.717) is 23.6 Å². The molecule has 1 aromatic rings. The number of alkyl halides is 3. The van der Waals surface area contributed by atoms with Gasteiger partial charge in [-0.1, -0.05) is 128 Å². The molecule has 0 aromatic heterocycles. The highest BCUT2D eigenvalue weighted by atomic mass is 19.4. The number of benzene rings is 1. The maximum absolute atomic E-state index is 13.8. The summed E-state index contributed by atoms with van der Waals surface area (Å²) in [6.07, 6.45) is 14.6. The van der Waals surface area contributed by atoms with Crippen molar-refractivity contribution < 1.29 is 22.7 Å². The summed E-state index contributed by atoms with van der Waals surface area (Å²) in [5.41, 5.74) is 1.73. The lowest BCUT2D eigenvalue weighted by atomic mass is 9.85. The summed E-state index contributed by atoms with van der Waals surface area (Å²) in [5.74, 6) is 1.29. The van der Waals surface area contributed by atoms with Crippen molar-refractivity contribution in [3.63, 3.8) is 0 Å². The van der Waals surface area contributed by atoms with Crippen molar-refractivity contribution in [2.75, 3.05) is 6.61 Å². The number of ketones is 1. The number of carbonyl (C=O) groups excluding carboxylic acids is 1. The molecule has 1 aromatic carbocycles. The Hall–Kier alpha value is -2.82. The third-order valence-corrected chi connectivity index (χ3v) is 8.39. The summed E-state index contributed by atoms with van der Waals surface area (Å²) in [7, 11) is 0. The van der Waals surface area contributed by atoms with E-state index in [9.17, 15) is 18.0 Å². The van der Waals surface area contributed by atoms with Crippen LogP contribution < -0.4 is 4.74 Å². The van der Waals surface area contributed by atoms with Crippen LogP contribution in [0.5, 0.6) is 5.75 Å². The highest BCUT2D eigenvalue weighted by Gasteiger charge is 2.38. The van der Waals surface area contributed by atoms with E-state index in [1.807, 2.05) is 51.1 Å². The molecule has 0 spiro atoms. The molecule has 0 aliphatic heterocycles. The van der Waals surface area contributed by atoms with Crippen molar-refractivity contribution in [3.8, 4) is 5.75 Å². The number of hydrogen-bond acceptors (Lipinski definition) is 2. The fourth-order valence-corrected chi connectivity index (χ4v) is 4.99. The Balaban J connectivity index is 0.000000909. The van der Waals surface area contributed by atoms with Crippen LogP contribution in [-0.2, 0) is 4.79 Å². The molecule has 0 saturated heterocycles. The summed E-state index contributed by atoms with van der Waals surface area (Å²) < 4.78 is 47.2. The standard InChI is InChI=1S/C22H31F3O.C19H32O/c1-8-11-13-19(12-9-2)21(18(7)17(6)15(4)10-3)20(14-16(5)26)22(23,24)25;1-3-18(2)14-10-7-5-4-6-8-13-17-20-19-15-11-9-12-16-19/h9,12,14H,7-8,10-11,13H2,1-6H3;9,11-12,15-16,18H,3-8,10,13-14,17H2,1-2H3/b12-9-,17-15+,20-14+,21-19-;. The summed E-state index contributed by atoms with van der Waals surface area (Å²) in [5, 5.41) is 0. The van der Waals surface area contributed by atoms with Crippen LogP contribution in [0.25, 0.3) is 0 Å². The van der Waals surface area contributed by atoms with E-state index < -0.39 is 17.5 Å². The summed E-state index contributed by atoms with van der Waals surface area (Å²) in [4.78, 5) is 11.5. The van der Waals surface area contributed by atoms with Gasteiger partial charge in [-0.05, 0) is 99.8 Å². The van der Waals surface area contributed by atoms with Crippen LogP contribution in [0.1, 0.15) is 139 Å². The number of ether oxygens (including phenoxy) is 1. The molecule has 5 heteroatoms. The number of halogens is 3. The molecule has 1 unspecified atom stereocenters. The molecule has 0 bridgehead atoms. The van der Waals surface area contributed by atoms with Gasteiger partial charge < -0.3 is 4.74 Å². The summed E-state index contributed by atoms with van der Waals surface area (Å²) in [6.45, 7) is 20.0. The predicted octanol–water partition coefficient (Wildman–Crippen LogP) is 13.7. The van der Waals surface area contributed by atoms with Crippen LogP contribution in [0.2, 0.25) is 0 Å². The van der Waals surface area contributed by atoms with Crippen molar-refractivity contribution in [1.82, 2.24) is 0 Å². The van der Waals surface area contributed by atoms with Crippen LogP contribution >= 0.6 is 0 Å². The normalized spacial score (nSPS) is 13.8. The Bertz CT molecular complexity index is 1120. The summed E-state index contributed by atoms with van der Waals surface area (Å²) >= 11 is 0. The van der Waals surface area contributed by atoms with Gasteiger partial charge in [0.05, 0.1) is 12.2 Å². The van der Waals surface area contributed by atoms with Gasteiger partial charge in [0.2, 0.25) is 0 Å². The number of rotatable bonds is 21. The maximum Gasteiger partial charge on any atom is 0.417 e. The molecule has 2 nitrogen and oxygen atoms in total. The van der Waals surface area contributed by atoms with Gasteiger partial charge in [0.15, 0.2) is 5.78 Å². The Kier molecular flexibility index (Phi) is 23.7. The van der Waals surface area contributed by atoms with E-state index in [2.05, 4.69) is 20.4 Å². The molecule has 0 amide bonds. The zero-order valence-electron chi connectivity index (χ0n) is 30.3. The first-order chi connectivity index (χ1) is 21.8. The van der Waals surface area contributed by atoms with E-state index in [1.165, 1.54) is 57.8 Å². The van der Waals surface area contributed by atoms with Gasteiger partial charge in [0.25, 0.3) is 0 Å². The molecular formula is C41H63F3O2. The van der Waals surface area contributed by atoms with Gasteiger partial charge in [-0.15, -0.1) is 0 Å². The van der Waals surface area contributed by atoms with Gasteiger partial charge >= 0.3 is 6.18 Å². The highest BCUT2D eigenvalue weighted by molar-refractivity contribution is 5.89. The first kappa shape index (κ1) is 43.2. The van der Waals surface area contributed by atoms with Crippen LogP contribution in [0.4, 0.5) is 13.2 Å². The number of para-hydroxylation sites is 1. The molecule has 260 valence electrons. The van der Waals surface area contributed by atoms with Gasteiger partial charge in [-0.3, -0.25) is 4.79 Å². The fourth-order valence-electron chi connectivity index (χ4n) is 4.99. The predicted molar refractivity (Wildman–Crippen MR) is 192 cm³/mol. The van der Waals surface area contributed by atoms with Crippen molar-refractivity contribution >= 4 is 5.78 Å². The second kappa shape index (κ2) is 25.3. The minimum absolute atomic E-state index is 0.0320. The molecule has 0 heterocycles. The lowest BCUT2D eigenvalue weighted by Crippen LogP contribution is -2.18. The number of unbranched alkanes of at least 4 members (excludes halogenated alkanes) is 7. The minimum Gasteiger partial charge on any atom is -0.494 e. The third-order valence-electron chi connectivity index (χ3n) is 8.39. The first-order valence-electron chi connectivity index (χ1n) is 17.5. The maximum atomic E-state index is 13.8. The molecular weight excluding hydrogens is 581 g/mol. The largest absolute Gasteiger partial charge is 0.494 e. The average Bonchev–Trinajstić information content (AvgIpc) is 3.03. The lowest BCUT2D eigenvalue weighted by molar-refractivity contribution is -0.114.